The first kappa shape index (κ1) is 15.0. The average molecular weight is 316 g/mol. The molecule has 0 aliphatic heterocycles. The lowest BCUT2D eigenvalue weighted by atomic mass is 10.2. The number of rotatable bonds is 3. The summed E-state index contributed by atoms with van der Waals surface area (Å²) in [4.78, 5) is 17.3. The van der Waals surface area contributed by atoms with Crippen LogP contribution >= 0.6 is 11.6 Å². The number of ether oxygens (including phenoxy) is 1. The van der Waals surface area contributed by atoms with Crippen LogP contribution in [0.15, 0.2) is 12.1 Å². The lowest BCUT2D eigenvalue weighted by Gasteiger charge is -2.10. The summed E-state index contributed by atoms with van der Waals surface area (Å²) >= 11 is 5.83. The topological polar surface area (TPSA) is 78.2 Å². The number of aromatic nitrogens is 2. The number of hydrogen-bond donors (Lipinski definition) is 0. The quantitative estimate of drug-likeness (QED) is 0.490. The Hall–Kier alpha value is -2.35. The summed E-state index contributed by atoms with van der Waals surface area (Å²) < 4.78 is 32.4. The molecule has 0 aliphatic rings. The van der Waals surface area contributed by atoms with E-state index in [0.29, 0.717) is 17.7 Å². The predicted octanol–water partition coefficient (Wildman–Crippen LogP) is 3.73. The molecule has 0 atom stereocenters. The minimum Gasteiger partial charge on any atom is -0.435 e. The average Bonchev–Trinajstić information content (AvgIpc) is 2.38. The van der Waals surface area contributed by atoms with Gasteiger partial charge in [0.25, 0.3) is 0 Å². The molecule has 2 rings (SSSR count). The number of nitro benzene ring substituents is 1. The second kappa shape index (κ2) is 5.57. The van der Waals surface area contributed by atoms with Crippen LogP contribution in [-0.4, -0.2) is 14.9 Å². The van der Waals surface area contributed by atoms with Gasteiger partial charge in [0.05, 0.1) is 11.0 Å². The smallest absolute Gasteiger partial charge is 0.307 e. The monoisotopic (exact) mass is 315 g/mol. The van der Waals surface area contributed by atoms with Crippen molar-refractivity contribution in [2.75, 3.05) is 0 Å². The standard InChI is InChI=1S/C12H8ClF2N3O3/c1-5-11(13)16-6(2)17-12(5)21-10-4-7(14)9(18(19)20)3-8(10)15/h3-4H,1-2H3. The fraction of sp³-hybridized carbons (Fsp3) is 0.167. The Balaban J connectivity index is 2.46. The van der Waals surface area contributed by atoms with E-state index in [-0.39, 0.29) is 16.9 Å². The predicted molar refractivity (Wildman–Crippen MR) is 69.6 cm³/mol. The summed E-state index contributed by atoms with van der Waals surface area (Å²) in [6.45, 7) is 3.09. The van der Waals surface area contributed by atoms with Gasteiger partial charge in [0.1, 0.15) is 11.0 Å². The van der Waals surface area contributed by atoms with Gasteiger partial charge in [0, 0.05) is 11.6 Å². The van der Waals surface area contributed by atoms with Crippen LogP contribution in [0.25, 0.3) is 0 Å². The number of nitrogens with zero attached hydrogens (tertiary/aromatic N) is 3. The molecule has 9 heteroatoms. The first-order chi connectivity index (χ1) is 9.79. The molecular weight excluding hydrogens is 308 g/mol. The van der Waals surface area contributed by atoms with Crippen LogP contribution in [0, 0.1) is 35.6 Å². The Bertz CT molecular complexity index is 740. The molecular formula is C12H8ClF2N3O3. The van der Waals surface area contributed by atoms with Crippen molar-refractivity contribution in [1.29, 1.82) is 0 Å². The van der Waals surface area contributed by atoms with Crippen molar-refractivity contribution in [3.05, 3.63) is 50.4 Å². The number of halogens is 3. The van der Waals surface area contributed by atoms with Crippen molar-refractivity contribution >= 4 is 17.3 Å². The lowest BCUT2D eigenvalue weighted by molar-refractivity contribution is -0.387. The van der Waals surface area contributed by atoms with Crippen molar-refractivity contribution in [2.45, 2.75) is 13.8 Å². The highest BCUT2D eigenvalue weighted by molar-refractivity contribution is 6.30. The zero-order valence-electron chi connectivity index (χ0n) is 10.9. The molecule has 1 heterocycles. The number of aryl methyl sites for hydroxylation is 1. The normalized spacial score (nSPS) is 10.5. The minimum atomic E-state index is -1.22. The van der Waals surface area contributed by atoms with Crippen LogP contribution in [0.3, 0.4) is 0 Å². The van der Waals surface area contributed by atoms with Gasteiger partial charge in [-0.15, -0.1) is 0 Å². The summed E-state index contributed by atoms with van der Waals surface area (Å²) in [5, 5.41) is 10.6. The molecule has 21 heavy (non-hydrogen) atoms. The van der Waals surface area contributed by atoms with Crippen molar-refractivity contribution in [3.63, 3.8) is 0 Å². The number of nitro groups is 1. The van der Waals surface area contributed by atoms with E-state index in [1.165, 1.54) is 6.92 Å². The highest BCUT2D eigenvalue weighted by atomic mass is 35.5. The Labute approximate surface area is 122 Å². The fourth-order valence-electron chi connectivity index (χ4n) is 1.51. The van der Waals surface area contributed by atoms with E-state index in [1.54, 1.807) is 6.92 Å². The molecule has 1 aromatic carbocycles. The third kappa shape index (κ3) is 3.05. The number of benzene rings is 1. The van der Waals surface area contributed by atoms with Gasteiger partial charge in [-0.3, -0.25) is 10.1 Å². The van der Waals surface area contributed by atoms with Crippen molar-refractivity contribution < 1.29 is 18.4 Å². The molecule has 0 saturated heterocycles. The molecule has 2 aromatic rings. The van der Waals surface area contributed by atoms with Gasteiger partial charge in [0.15, 0.2) is 11.6 Å². The summed E-state index contributed by atoms with van der Waals surface area (Å²) in [6, 6.07) is 1.02. The van der Waals surface area contributed by atoms with Gasteiger partial charge in [-0.25, -0.2) is 9.37 Å². The van der Waals surface area contributed by atoms with Crippen molar-refractivity contribution in [2.24, 2.45) is 0 Å². The maximum Gasteiger partial charge on any atom is 0.307 e. The highest BCUT2D eigenvalue weighted by Gasteiger charge is 2.21. The van der Waals surface area contributed by atoms with E-state index in [0.717, 1.165) is 0 Å². The molecule has 0 bridgehead atoms. The van der Waals surface area contributed by atoms with E-state index >= 15 is 0 Å². The zero-order valence-corrected chi connectivity index (χ0v) is 11.6. The summed E-state index contributed by atoms with van der Waals surface area (Å²) in [7, 11) is 0. The third-order valence-electron chi connectivity index (χ3n) is 2.56. The minimum absolute atomic E-state index is 0.0559. The first-order valence-electron chi connectivity index (χ1n) is 5.61. The molecule has 0 saturated carbocycles. The largest absolute Gasteiger partial charge is 0.435 e. The van der Waals surface area contributed by atoms with Crippen LogP contribution in [-0.2, 0) is 0 Å². The van der Waals surface area contributed by atoms with E-state index in [9.17, 15) is 18.9 Å². The molecule has 0 fully saturated rings. The Kier molecular flexibility index (Phi) is 3.99. The Morgan fingerprint density at radius 2 is 1.90 bits per heavy atom. The molecule has 110 valence electrons. The van der Waals surface area contributed by atoms with E-state index in [1.807, 2.05) is 0 Å². The first-order valence-corrected chi connectivity index (χ1v) is 5.99. The van der Waals surface area contributed by atoms with Gasteiger partial charge in [-0.2, -0.15) is 9.37 Å². The van der Waals surface area contributed by atoms with Gasteiger partial charge in [0.2, 0.25) is 11.7 Å². The fourth-order valence-corrected chi connectivity index (χ4v) is 1.71. The maximum absolute atomic E-state index is 13.7. The molecule has 0 N–H and O–H groups in total. The molecule has 6 nitrogen and oxygen atoms in total. The van der Waals surface area contributed by atoms with E-state index in [2.05, 4.69) is 9.97 Å². The molecule has 0 aliphatic carbocycles. The van der Waals surface area contributed by atoms with Crippen molar-refractivity contribution in [1.82, 2.24) is 9.97 Å². The Morgan fingerprint density at radius 1 is 1.24 bits per heavy atom. The summed E-state index contributed by atoms with van der Waals surface area (Å²) in [5.74, 6) is -2.61. The molecule has 0 unspecified atom stereocenters. The van der Waals surface area contributed by atoms with Crippen LogP contribution in [0.4, 0.5) is 14.5 Å². The van der Waals surface area contributed by atoms with Crippen molar-refractivity contribution in [3.8, 4) is 11.6 Å². The Morgan fingerprint density at radius 3 is 2.52 bits per heavy atom. The summed E-state index contributed by atoms with van der Waals surface area (Å²) in [5.41, 5.74) is -0.645. The maximum atomic E-state index is 13.7. The zero-order chi connectivity index (χ0) is 15.7. The molecule has 0 spiro atoms. The van der Waals surface area contributed by atoms with E-state index < -0.39 is 28.0 Å². The molecule has 0 radical (unpaired) electrons. The second-order valence-corrected chi connectivity index (χ2v) is 4.44. The van der Waals surface area contributed by atoms with Crippen LogP contribution in [0.1, 0.15) is 11.4 Å². The van der Waals surface area contributed by atoms with Crippen LogP contribution < -0.4 is 4.74 Å². The van der Waals surface area contributed by atoms with Gasteiger partial charge >= 0.3 is 5.69 Å². The third-order valence-corrected chi connectivity index (χ3v) is 2.93. The van der Waals surface area contributed by atoms with Gasteiger partial charge in [-0.1, -0.05) is 11.6 Å². The van der Waals surface area contributed by atoms with Crippen LogP contribution in [0.5, 0.6) is 11.6 Å². The van der Waals surface area contributed by atoms with Gasteiger partial charge in [-0.05, 0) is 13.8 Å². The van der Waals surface area contributed by atoms with Gasteiger partial charge < -0.3 is 4.74 Å². The van der Waals surface area contributed by atoms with Crippen LogP contribution in [0.2, 0.25) is 5.15 Å². The second-order valence-electron chi connectivity index (χ2n) is 4.08. The molecule has 0 amide bonds. The highest BCUT2D eigenvalue weighted by Crippen LogP contribution is 2.31. The molecule has 1 aromatic heterocycles. The van der Waals surface area contributed by atoms with E-state index in [4.69, 9.17) is 16.3 Å². The number of hydrogen-bond acceptors (Lipinski definition) is 5. The lowest BCUT2D eigenvalue weighted by Crippen LogP contribution is -2.00. The summed E-state index contributed by atoms with van der Waals surface area (Å²) in [6.07, 6.45) is 0. The SMILES string of the molecule is Cc1nc(Cl)c(C)c(Oc2cc(F)c([N+](=O)[O-])cc2F)n1.